The van der Waals surface area contributed by atoms with E-state index in [1.54, 1.807) is 0 Å². The van der Waals surface area contributed by atoms with E-state index < -0.39 is 0 Å². The fourth-order valence-corrected chi connectivity index (χ4v) is 4.94. The monoisotopic (exact) mass is 427 g/mol. The van der Waals surface area contributed by atoms with Gasteiger partial charge in [0.15, 0.2) is 0 Å². The number of amides is 1. The van der Waals surface area contributed by atoms with E-state index in [9.17, 15) is 4.79 Å². The first-order valence-corrected chi connectivity index (χ1v) is 11.2. The zero-order chi connectivity index (χ0) is 22.2. The van der Waals surface area contributed by atoms with E-state index in [0.717, 1.165) is 36.7 Å². The highest BCUT2D eigenvalue weighted by atomic mass is 16.1. The van der Waals surface area contributed by atoms with Gasteiger partial charge in [0, 0.05) is 40.9 Å². The zero-order valence-electron chi connectivity index (χ0n) is 18.6. The molecule has 0 aliphatic heterocycles. The molecule has 3 N–H and O–H groups in total. The summed E-state index contributed by atoms with van der Waals surface area (Å²) in [5.74, 6) is -0.332. The van der Waals surface area contributed by atoms with E-state index in [1.807, 2.05) is 35.2 Å². The lowest BCUT2D eigenvalue weighted by Gasteiger charge is -2.24. The second-order valence-corrected chi connectivity index (χ2v) is 8.77. The van der Waals surface area contributed by atoms with Crippen molar-refractivity contribution in [2.24, 2.45) is 5.73 Å². The molecular formula is C26H29N5O. The van der Waals surface area contributed by atoms with Crippen LogP contribution in [-0.2, 0) is 24.3 Å². The Kier molecular flexibility index (Phi) is 5.31. The van der Waals surface area contributed by atoms with Crippen LogP contribution in [-0.4, -0.2) is 20.3 Å². The highest BCUT2D eigenvalue weighted by molar-refractivity contribution is 5.85. The number of nitrogens with one attached hydrogen (secondary N) is 1. The summed E-state index contributed by atoms with van der Waals surface area (Å²) in [4.78, 5) is 11.5. The summed E-state index contributed by atoms with van der Waals surface area (Å²) in [6.45, 7) is 5.23. The Hall–Kier alpha value is -3.38. The van der Waals surface area contributed by atoms with Gasteiger partial charge in [-0.05, 0) is 61.9 Å². The molecule has 2 aromatic carbocycles. The van der Waals surface area contributed by atoms with Gasteiger partial charge in [-0.2, -0.15) is 5.10 Å². The van der Waals surface area contributed by atoms with Gasteiger partial charge in [0.05, 0.1) is 11.9 Å². The van der Waals surface area contributed by atoms with Crippen molar-refractivity contribution >= 4 is 16.8 Å². The summed E-state index contributed by atoms with van der Waals surface area (Å²) in [6, 6.07) is 14.8. The third-order valence-electron chi connectivity index (χ3n) is 6.72. The summed E-state index contributed by atoms with van der Waals surface area (Å²) < 4.78 is 4.07. The average Bonchev–Trinajstić information content (AvgIpc) is 3.36. The minimum atomic E-state index is -0.332. The van der Waals surface area contributed by atoms with E-state index in [2.05, 4.69) is 48.1 Å². The van der Waals surface area contributed by atoms with Crippen molar-refractivity contribution in [3.8, 4) is 5.69 Å². The maximum Gasteiger partial charge on any atom is 0.237 e. The van der Waals surface area contributed by atoms with E-state index >= 15 is 0 Å². The van der Waals surface area contributed by atoms with Crippen LogP contribution in [0.1, 0.15) is 46.8 Å². The molecule has 1 aliphatic rings. The Morgan fingerprint density at radius 3 is 2.88 bits per heavy atom. The van der Waals surface area contributed by atoms with E-state index in [-0.39, 0.29) is 18.5 Å². The SMILES string of the molecule is Cc1cccc(-n2ncc3c2CCC[C@H]3NCc2cn(CC(N)=O)c3ccccc23)c1C. The standard InChI is InChI=1S/C26H29N5O/c1-17-7-5-11-23(18(17)2)31-25-12-6-9-22(21(25)14-29-31)28-13-19-15-30(16-26(27)32)24-10-4-3-8-20(19)24/h3-5,7-8,10-11,14-15,22,28H,6,9,12-13,16H2,1-2H3,(H2,27,32)/t22-/m1/s1. The van der Waals surface area contributed by atoms with Crippen LogP contribution in [0.15, 0.2) is 54.9 Å². The number of nitrogens with zero attached hydrogens (tertiary/aromatic N) is 3. The molecule has 0 radical (unpaired) electrons. The second kappa shape index (κ2) is 8.28. The molecule has 6 nitrogen and oxygen atoms in total. The summed E-state index contributed by atoms with van der Waals surface area (Å²) in [7, 11) is 0. The number of carbonyl (C=O) groups is 1. The fraction of sp³-hybridized carbons (Fsp3) is 0.308. The lowest BCUT2D eigenvalue weighted by atomic mass is 9.92. The molecule has 2 aromatic heterocycles. The first-order chi connectivity index (χ1) is 15.5. The van der Waals surface area contributed by atoms with Crippen LogP contribution in [0, 0.1) is 13.8 Å². The van der Waals surface area contributed by atoms with Gasteiger partial charge in [0.25, 0.3) is 0 Å². The first-order valence-electron chi connectivity index (χ1n) is 11.2. The van der Waals surface area contributed by atoms with E-state index in [0.29, 0.717) is 0 Å². The predicted molar refractivity (Wildman–Crippen MR) is 127 cm³/mol. The van der Waals surface area contributed by atoms with Crippen molar-refractivity contribution in [3.05, 3.63) is 82.8 Å². The van der Waals surface area contributed by atoms with Gasteiger partial charge in [0.2, 0.25) is 5.91 Å². The number of fused-ring (bicyclic) bond motifs is 2. The largest absolute Gasteiger partial charge is 0.368 e. The number of aromatic nitrogens is 3. The van der Waals surface area contributed by atoms with Crippen LogP contribution >= 0.6 is 0 Å². The molecular weight excluding hydrogens is 398 g/mol. The Morgan fingerprint density at radius 2 is 2.03 bits per heavy atom. The number of para-hydroxylation sites is 1. The fourth-order valence-electron chi connectivity index (χ4n) is 4.94. The number of hydrogen-bond donors (Lipinski definition) is 2. The van der Waals surface area contributed by atoms with Crippen molar-refractivity contribution in [1.29, 1.82) is 0 Å². The quantitative estimate of drug-likeness (QED) is 0.486. The van der Waals surface area contributed by atoms with Gasteiger partial charge >= 0.3 is 0 Å². The number of carbonyl (C=O) groups excluding carboxylic acids is 1. The van der Waals surface area contributed by atoms with E-state index in [4.69, 9.17) is 10.8 Å². The molecule has 0 saturated carbocycles. The van der Waals surface area contributed by atoms with Crippen LogP contribution in [0.2, 0.25) is 0 Å². The van der Waals surface area contributed by atoms with E-state index in [1.165, 1.54) is 33.6 Å². The third-order valence-corrected chi connectivity index (χ3v) is 6.72. The normalized spacial score (nSPS) is 15.8. The Labute approximate surface area is 188 Å². The molecule has 32 heavy (non-hydrogen) atoms. The van der Waals surface area contributed by atoms with Crippen LogP contribution in [0.3, 0.4) is 0 Å². The molecule has 1 amide bonds. The summed E-state index contributed by atoms with van der Waals surface area (Å²) >= 11 is 0. The first kappa shape index (κ1) is 20.5. The molecule has 1 aliphatic carbocycles. The zero-order valence-corrected chi connectivity index (χ0v) is 18.6. The Bertz CT molecular complexity index is 1300. The van der Waals surface area contributed by atoms with Gasteiger partial charge in [0.1, 0.15) is 6.54 Å². The van der Waals surface area contributed by atoms with Crippen molar-refractivity contribution in [3.63, 3.8) is 0 Å². The highest BCUT2D eigenvalue weighted by Gasteiger charge is 2.25. The van der Waals surface area contributed by atoms with Crippen LogP contribution in [0.5, 0.6) is 0 Å². The lowest BCUT2D eigenvalue weighted by molar-refractivity contribution is -0.118. The number of aryl methyl sites for hydroxylation is 1. The maximum absolute atomic E-state index is 11.5. The van der Waals surface area contributed by atoms with Crippen LogP contribution in [0.4, 0.5) is 0 Å². The number of hydrogen-bond acceptors (Lipinski definition) is 3. The van der Waals surface area contributed by atoms with Crippen molar-refractivity contribution in [2.45, 2.75) is 52.2 Å². The van der Waals surface area contributed by atoms with Gasteiger partial charge in [-0.25, -0.2) is 4.68 Å². The molecule has 0 bridgehead atoms. The Morgan fingerprint density at radius 1 is 1.19 bits per heavy atom. The molecule has 0 unspecified atom stereocenters. The van der Waals surface area contributed by atoms with Crippen LogP contribution < -0.4 is 11.1 Å². The molecule has 4 aromatic rings. The number of primary amides is 1. The minimum Gasteiger partial charge on any atom is -0.368 e. The number of nitrogens with two attached hydrogens (primary N) is 1. The molecule has 6 heteroatoms. The second-order valence-electron chi connectivity index (χ2n) is 8.77. The van der Waals surface area contributed by atoms with Gasteiger partial charge in [-0.3, -0.25) is 4.79 Å². The summed E-state index contributed by atoms with van der Waals surface area (Å²) in [5, 5.41) is 9.70. The number of benzene rings is 2. The molecule has 2 heterocycles. The van der Waals surface area contributed by atoms with Crippen molar-refractivity contribution in [1.82, 2.24) is 19.7 Å². The van der Waals surface area contributed by atoms with Crippen molar-refractivity contribution in [2.75, 3.05) is 0 Å². The Balaban J connectivity index is 1.42. The lowest BCUT2D eigenvalue weighted by Crippen LogP contribution is -2.25. The molecule has 0 spiro atoms. The smallest absolute Gasteiger partial charge is 0.237 e. The topological polar surface area (TPSA) is 77.9 Å². The molecule has 0 saturated heterocycles. The van der Waals surface area contributed by atoms with Gasteiger partial charge in [-0.15, -0.1) is 0 Å². The summed E-state index contributed by atoms with van der Waals surface area (Å²) in [5.41, 5.74) is 14.0. The van der Waals surface area contributed by atoms with Gasteiger partial charge in [-0.1, -0.05) is 30.3 Å². The molecule has 1 atom stereocenters. The van der Waals surface area contributed by atoms with Crippen molar-refractivity contribution < 1.29 is 4.79 Å². The minimum absolute atomic E-state index is 0.191. The average molecular weight is 428 g/mol. The number of rotatable bonds is 6. The highest BCUT2D eigenvalue weighted by Crippen LogP contribution is 2.33. The van der Waals surface area contributed by atoms with Crippen LogP contribution in [0.25, 0.3) is 16.6 Å². The predicted octanol–water partition coefficient (Wildman–Crippen LogP) is 4.10. The molecule has 5 rings (SSSR count). The molecule has 164 valence electrons. The molecule has 0 fully saturated rings. The third kappa shape index (κ3) is 3.60. The summed E-state index contributed by atoms with van der Waals surface area (Å²) in [6.07, 6.45) is 7.34. The van der Waals surface area contributed by atoms with Gasteiger partial charge < -0.3 is 15.6 Å². The maximum atomic E-state index is 11.5.